The average Bonchev–Trinajstić information content (AvgIpc) is 2.57. The Kier molecular flexibility index (Phi) is 2.69. The van der Waals surface area contributed by atoms with Crippen LogP contribution in [0.15, 0.2) is 30.5 Å². The van der Waals surface area contributed by atoms with Crippen LogP contribution in [0.2, 0.25) is 0 Å². The molecular formula is C14H16N2O. The van der Waals surface area contributed by atoms with Crippen molar-refractivity contribution in [3.05, 3.63) is 36.0 Å². The molecule has 3 rings (SSSR count). The number of nitrogens with one attached hydrogen (secondary N) is 1. The Morgan fingerprint density at radius 3 is 3.29 bits per heavy atom. The topological polar surface area (TPSA) is 34.2 Å². The van der Waals surface area contributed by atoms with Crippen LogP contribution < -0.4 is 10.1 Å². The van der Waals surface area contributed by atoms with E-state index in [1.54, 1.807) is 0 Å². The zero-order valence-corrected chi connectivity index (χ0v) is 9.94. The zero-order chi connectivity index (χ0) is 11.7. The lowest BCUT2D eigenvalue weighted by atomic mass is 10.1. The van der Waals surface area contributed by atoms with Gasteiger partial charge in [0.1, 0.15) is 11.9 Å². The smallest absolute Gasteiger partial charge is 0.125 e. The van der Waals surface area contributed by atoms with Crippen molar-refractivity contribution < 1.29 is 4.74 Å². The Morgan fingerprint density at radius 1 is 1.47 bits per heavy atom. The minimum atomic E-state index is 0.269. The highest BCUT2D eigenvalue weighted by molar-refractivity contribution is 5.81. The first kappa shape index (κ1) is 10.5. The van der Waals surface area contributed by atoms with Gasteiger partial charge in [-0.05, 0) is 24.6 Å². The molecule has 0 spiro atoms. The highest BCUT2D eigenvalue weighted by Crippen LogP contribution is 2.27. The van der Waals surface area contributed by atoms with Gasteiger partial charge in [-0.25, -0.2) is 0 Å². The van der Waals surface area contributed by atoms with E-state index in [2.05, 4.69) is 35.4 Å². The lowest BCUT2D eigenvalue weighted by Gasteiger charge is -2.15. The van der Waals surface area contributed by atoms with Crippen molar-refractivity contribution in [2.45, 2.75) is 26.0 Å². The van der Waals surface area contributed by atoms with E-state index in [9.17, 15) is 0 Å². The molecule has 0 amide bonds. The summed E-state index contributed by atoms with van der Waals surface area (Å²) in [6.45, 7) is 3.92. The molecule has 0 bridgehead atoms. The van der Waals surface area contributed by atoms with E-state index in [1.165, 1.54) is 5.56 Å². The molecule has 0 unspecified atom stereocenters. The molecule has 1 N–H and O–H groups in total. The second-order valence-corrected chi connectivity index (χ2v) is 4.44. The van der Waals surface area contributed by atoms with E-state index in [-0.39, 0.29) is 6.10 Å². The maximum absolute atomic E-state index is 6.02. The van der Waals surface area contributed by atoms with Gasteiger partial charge in [-0.3, -0.25) is 4.98 Å². The summed E-state index contributed by atoms with van der Waals surface area (Å²) in [6, 6.07) is 8.26. The Bertz CT molecular complexity index is 539. The SMILES string of the molecule is CC[C@H]1CNCc2cc3ncccc3cc2O1. The quantitative estimate of drug-likeness (QED) is 0.814. The highest BCUT2D eigenvalue weighted by atomic mass is 16.5. The lowest BCUT2D eigenvalue weighted by Crippen LogP contribution is -2.27. The standard InChI is InChI=1S/C14H16N2O/c1-2-12-9-15-8-11-6-13-10(4-3-5-16-13)7-14(11)17-12/h3-7,12,15H,2,8-9H2,1H3/t12-/m0/s1. The van der Waals surface area contributed by atoms with Crippen molar-refractivity contribution in [1.29, 1.82) is 0 Å². The molecule has 17 heavy (non-hydrogen) atoms. The molecule has 0 saturated carbocycles. The van der Waals surface area contributed by atoms with Crippen LogP contribution in [0.3, 0.4) is 0 Å². The maximum atomic E-state index is 6.02. The average molecular weight is 228 g/mol. The summed E-state index contributed by atoms with van der Waals surface area (Å²) in [4.78, 5) is 4.38. The number of fused-ring (bicyclic) bond motifs is 2. The Morgan fingerprint density at radius 2 is 2.41 bits per heavy atom. The number of benzene rings is 1. The lowest BCUT2D eigenvalue weighted by molar-refractivity contribution is 0.202. The van der Waals surface area contributed by atoms with Crippen molar-refractivity contribution in [2.24, 2.45) is 0 Å². The van der Waals surface area contributed by atoms with Gasteiger partial charge in [0, 0.05) is 30.2 Å². The molecule has 3 heteroatoms. The normalized spacial score (nSPS) is 19.5. The van der Waals surface area contributed by atoms with Crippen LogP contribution in [0.4, 0.5) is 0 Å². The molecule has 0 aliphatic carbocycles. The fourth-order valence-electron chi connectivity index (χ4n) is 2.21. The molecule has 0 radical (unpaired) electrons. The third-order valence-electron chi connectivity index (χ3n) is 3.22. The van der Waals surface area contributed by atoms with Crippen molar-refractivity contribution in [3.8, 4) is 5.75 Å². The molecule has 1 aromatic carbocycles. The van der Waals surface area contributed by atoms with Crippen LogP contribution in [-0.2, 0) is 6.54 Å². The van der Waals surface area contributed by atoms with Crippen molar-refractivity contribution >= 4 is 10.9 Å². The number of rotatable bonds is 1. The Hall–Kier alpha value is -1.61. The number of hydrogen-bond donors (Lipinski definition) is 1. The highest BCUT2D eigenvalue weighted by Gasteiger charge is 2.16. The fraction of sp³-hybridized carbons (Fsp3) is 0.357. The van der Waals surface area contributed by atoms with Crippen LogP contribution >= 0.6 is 0 Å². The molecule has 1 aromatic heterocycles. The van der Waals surface area contributed by atoms with Gasteiger partial charge in [-0.15, -0.1) is 0 Å². The van der Waals surface area contributed by atoms with Gasteiger partial charge < -0.3 is 10.1 Å². The van der Waals surface area contributed by atoms with Crippen LogP contribution in [0.25, 0.3) is 10.9 Å². The van der Waals surface area contributed by atoms with Crippen LogP contribution in [-0.4, -0.2) is 17.6 Å². The first-order chi connectivity index (χ1) is 8.36. The predicted octanol–water partition coefficient (Wildman–Crippen LogP) is 2.50. The Balaban J connectivity index is 2.09. The third-order valence-corrected chi connectivity index (χ3v) is 3.22. The van der Waals surface area contributed by atoms with Gasteiger partial charge in [-0.2, -0.15) is 0 Å². The van der Waals surface area contributed by atoms with E-state index in [0.717, 1.165) is 36.2 Å². The van der Waals surface area contributed by atoms with Gasteiger partial charge in [0.15, 0.2) is 0 Å². The first-order valence-corrected chi connectivity index (χ1v) is 6.12. The van der Waals surface area contributed by atoms with Crippen molar-refractivity contribution in [1.82, 2.24) is 10.3 Å². The van der Waals surface area contributed by atoms with Gasteiger partial charge in [0.2, 0.25) is 0 Å². The summed E-state index contributed by atoms with van der Waals surface area (Å²) in [7, 11) is 0. The van der Waals surface area contributed by atoms with E-state index in [0.29, 0.717) is 0 Å². The summed E-state index contributed by atoms with van der Waals surface area (Å²) in [5.41, 5.74) is 2.23. The monoisotopic (exact) mass is 228 g/mol. The number of ether oxygens (including phenoxy) is 1. The minimum absolute atomic E-state index is 0.269. The van der Waals surface area contributed by atoms with E-state index in [4.69, 9.17) is 4.74 Å². The number of aromatic nitrogens is 1. The molecule has 1 aliphatic rings. The number of hydrogen-bond acceptors (Lipinski definition) is 3. The molecule has 2 aromatic rings. The molecular weight excluding hydrogens is 212 g/mol. The summed E-state index contributed by atoms with van der Waals surface area (Å²) < 4.78 is 6.02. The fourth-order valence-corrected chi connectivity index (χ4v) is 2.21. The zero-order valence-electron chi connectivity index (χ0n) is 9.94. The number of pyridine rings is 1. The van der Waals surface area contributed by atoms with Gasteiger partial charge in [-0.1, -0.05) is 13.0 Å². The van der Waals surface area contributed by atoms with Gasteiger partial charge in [0.25, 0.3) is 0 Å². The summed E-state index contributed by atoms with van der Waals surface area (Å²) >= 11 is 0. The molecule has 1 atom stereocenters. The van der Waals surface area contributed by atoms with E-state index < -0.39 is 0 Å². The van der Waals surface area contributed by atoms with Gasteiger partial charge >= 0.3 is 0 Å². The Labute approximate surface area is 101 Å². The van der Waals surface area contributed by atoms with E-state index >= 15 is 0 Å². The molecule has 1 aliphatic heterocycles. The summed E-state index contributed by atoms with van der Waals surface area (Å²) in [5.74, 6) is 1.00. The predicted molar refractivity (Wildman–Crippen MR) is 68.2 cm³/mol. The molecule has 3 nitrogen and oxygen atoms in total. The molecule has 2 heterocycles. The van der Waals surface area contributed by atoms with E-state index in [1.807, 2.05) is 12.3 Å². The first-order valence-electron chi connectivity index (χ1n) is 6.12. The van der Waals surface area contributed by atoms with Crippen molar-refractivity contribution in [2.75, 3.05) is 6.54 Å². The minimum Gasteiger partial charge on any atom is -0.489 e. The second kappa shape index (κ2) is 4.34. The molecule has 0 saturated heterocycles. The maximum Gasteiger partial charge on any atom is 0.125 e. The molecule has 88 valence electrons. The summed E-state index contributed by atoms with van der Waals surface area (Å²) in [6.07, 6.45) is 3.12. The molecule has 0 fully saturated rings. The van der Waals surface area contributed by atoms with Gasteiger partial charge in [0.05, 0.1) is 5.52 Å². The number of nitrogens with zero attached hydrogens (tertiary/aromatic N) is 1. The third kappa shape index (κ3) is 1.98. The largest absolute Gasteiger partial charge is 0.489 e. The van der Waals surface area contributed by atoms with Crippen LogP contribution in [0, 0.1) is 0 Å². The second-order valence-electron chi connectivity index (χ2n) is 4.44. The van der Waals surface area contributed by atoms with Crippen molar-refractivity contribution in [3.63, 3.8) is 0 Å². The van der Waals surface area contributed by atoms with Crippen LogP contribution in [0.5, 0.6) is 5.75 Å². The summed E-state index contributed by atoms with van der Waals surface area (Å²) in [5, 5.41) is 4.56. The van der Waals surface area contributed by atoms with Crippen LogP contribution in [0.1, 0.15) is 18.9 Å².